The van der Waals surface area contributed by atoms with Gasteiger partial charge >= 0.3 is 0 Å². The molecule has 0 saturated carbocycles. The van der Waals surface area contributed by atoms with E-state index in [-0.39, 0.29) is 5.82 Å². The second-order valence-corrected chi connectivity index (χ2v) is 3.23. The molecule has 0 aromatic heterocycles. The van der Waals surface area contributed by atoms with Crippen LogP contribution < -0.4 is 11.1 Å². The highest BCUT2D eigenvalue weighted by molar-refractivity contribution is 5.42. The minimum atomic E-state index is -0.211. The lowest BCUT2D eigenvalue weighted by Gasteiger charge is -2.10. The van der Waals surface area contributed by atoms with Gasteiger partial charge in [0.05, 0.1) is 0 Å². The van der Waals surface area contributed by atoms with Crippen molar-refractivity contribution in [2.24, 2.45) is 11.7 Å². The van der Waals surface area contributed by atoms with Gasteiger partial charge < -0.3 is 11.1 Å². The average molecular weight is 182 g/mol. The maximum Gasteiger partial charge on any atom is 0.123 e. The molecule has 1 rings (SSSR count). The third-order valence-electron chi connectivity index (χ3n) is 1.90. The molecular weight excluding hydrogens is 167 g/mol. The van der Waals surface area contributed by atoms with Crippen molar-refractivity contribution in [3.05, 3.63) is 30.1 Å². The molecule has 0 aliphatic rings. The Morgan fingerprint density at radius 3 is 2.54 bits per heavy atom. The van der Waals surface area contributed by atoms with Crippen LogP contribution in [0.15, 0.2) is 24.3 Å². The fraction of sp³-hybridized carbons (Fsp3) is 0.400. The summed E-state index contributed by atoms with van der Waals surface area (Å²) >= 11 is 0. The predicted molar refractivity (Wildman–Crippen MR) is 53.1 cm³/mol. The lowest BCUT2D eigenvalue weighted by molar-refractivity contribution is 0.623. The molecular formula is C10H15FN2. The van der Waals surface area contributed by atoms with Crippen LogP contribution in [-0.2, 0) is 0 Å². The zero-order valence-corrected chi connectivity index (χ0v) is 7.76. The average Bonchev–Trinajstić information content (AvgIpc) is 2.16. The molecule has 2 nitrogen and oxygen atoms in total. The Balaban J connectivity index is 2.41. The Kier molecular flexibility index (Phi) is 3.71. The number of nitrogens with two attached hydrogens (primary N) is 1. The van der Waals surface area contributed by atoms with Crippen molar-refractivity contribution in [1.29, 1.82) is 0 Å². The predicted octanol–water partition coefficient (Wildman–Crippen LogP) is 1.83. The van der Waals surface area contributed by atoms with Crippen molar-refractivity contribution < 1.29 is 4.39 Å². The van der Waals surface area contributed by atoms with E-state index >= 15 is 0 Å². The summed E-state index contributed by atoms with van der Waals surface area (Å²) in [6.45, 7) is 3.55. The third-order valence-corrected chi connectivity index (χ3v) is 1.90. The van der Waals surface area contributed by atoms with Crippen molar-refractivity contribution in [3.8, 4) is 0 Å². The summed E-state index contributed by atoms with van der Waals surface area (Å²) in [6, 6.07) is 6.32. The molecule has 3 heteroatoms. The van der Waals surface area contributed by atoms with Gasteiger partial charge in [-0.25, -0.2) is 4.39 Å². The quantitative estimate of drug-likeness (QED) is 0.745. The maximum atomic E-state index is 12.5. The Morgan fingerprint density at radius 2 is 2.00 bits per heavy atom. The molecule has 1 unspecified atom stereocenters. The number of hydrogen-bond donors (Lipinski definition) is 2. The second kappa shape index (κ2) is 4.82. The summed E-state index contributed by atoms with van der Waals surface area (Å²) in [5.74, 6) is 0.225. The minimum absolute atomic E-state index is 0.211. The molecule has 1 aromatic rings. The first-order valence-electron chi connectivity index (χ1n) is 4.42. The van der Waals surface area contributed by atoms with E-state index in [1.54, 1.807) is 12.1 Å². The molecule has 0 aliphatic heterocycles. The second-order valence-electron chi connectivity index (χ2n) is 3.23. The summed E-state index contributed by atoms with van der Waals surface area (Å²) in [6.07, 6.45) is 0. The smallest absolute Gasteiger partial charge is 0.123 e. The number of rotatable bonds is 4. The van der Waals surface area contributed by atoms with E-state index in [2.05, 4.69) is 12.2 Å². The monoisotopic (exact) mass is 182 g/mol. The van der Waals surface area contributed by atoms with Crippen LogP contribution in [0, 0.1) is 11.7 Å². The summed E-state index contributed by atoms with van der Waals surface area (Å²) in [5, 5.41) is 3.18. The zero-order chi connectivity index (χ0) is 9.68. The van der Waals surface area contributed by atoms with Gasteiger partial charge in [0.2, 0.25) is 0 Å². The highest BCUT2D eigenvalue weighted by atomic mass is 19.1. The van der Waals surface area contributed by atoms with E-state index in [9.17, 15) is 4.39 Å². The van der Waals surface area contributed by atoms with Crippen LogP contribution in [0.2, 0.25) is 0 Å². The van der Waals surface area contributed by atoms with Crippen molar-refractivity contribution in [3.63, 3.8) is 0 Å². The first kappa shape index (κ1) is 9.99. The third kappa shape index (κ3) is 3.42. The lowest BCUT2D eigenvalue weighted by atomic mass is 10.2. The first-order valence-corrected chi connectivity index (χ1v) is 4.42. The van der Waals surface area contributed by atoms with Crippen LogP contribution in [0.1, 0.15) is 6.92 Å². The Labute approximate surface area is 77.9 Å². The standard InChI is InChI=1S/C10H15FN2/c1-8(6-12)7-13-10-4-2-9(11)3-5-10/h2-5,8,13H,6-7,12H2,1H3. The van der Waals surface area contributed by atoms with E-state index in [4.69, 9.17) is 5.73 Å². The van der Waals surface area contributed by atoms with Crippen molar-refractivity contribution in [1.82, 2.24) is 0 Å². The highest BCUT2D eigenvalue weighted by Crippen LogP contribution is 2.08. The molecule has 1 aromatic carbocycles. The summed E-state index contributed by atoms with van der Waals surface area (Å²) in [7, 11) is 0. The Hall–Kier alpha value is -1.09. The summed E-state index contributed by atoms with van der Waals surface area (Å²) in [4.78, 5) is 0. The zero-order valence-electron chi connectivity index (χ0n) is 7.76. The SMILES string of the molecule is CC(CN)CNc1ccc(F)cc1. The molecule has 0 amide bonds. The van der Waals surface area contributed by atoms with Crippen molar-refractivity contribution in [2.45, 2.75) is 6.92 Å². The largest absolute Gasteiger partial charge is 0.385 e. The van der Waals surface area contributed by atoms with Gasteiger partial charge in [0, 0.05) is 12.2 Å². The van der Waals surface area contributed by atoms with E-state index < -0.39 is 0 Å². The van der Waals surface area contributed by atoms with Crippen LogP contribution in [0.4, 0.5) is 10.1 Å². The van der Waals surface area contributed by atoms with Gasteiger partial charge in [-0.1, -0.05) is 6.92 Å². The molecule has 3 N–H and O–H groups in total. The van der Waals surface area contributed by atoms with Crippen LogP contribution in [-0.4, -0.2) is 13.1 Å². The van der Waals surface area contributed by atoms with Gasteiger partial charge in [-0.15, -0.1) is 0 Å². The summed E-state index contributed by atoms with van der Waals surface area (Å²) in [5.41, 5.74) is 6.39. The van der Waals surface area contributed by atoms with Crippen molar-refractivity contribution >= 4 is 5.69 Å². The Bertz CT molecular complexity index is 246. The van der Waals surface area contributed by atoms with Crippen molar-refractivity contribution in [2.75, 3.05) is 18.4 Å². The molecule has 0 spiro atoms. The first-order chi connectivity index (χ1) is 6.22. The van der Waals surface area contributed by atoms with Gasteiger partial charge in [0.25, 0.3) is 0 Å². The van der Waals surface area contributed by atoms with Crippen LogP contribution >= 0.6 is 0 Å². The molecule has 0 radical (unpaired) electrons. The van der Waals surface area contributed by atoms with E-state index in [1.165, 1.54) is 12.1 Å². The van der Waals surface area contributed by atoms with Crippen LogP contribution in [0.25, 0.3) is 0 Å². The maximum absolute atomic E-state index is 12.5. The normalized spacial score (nSPS) is 12.5. The molecule has 13 heavy (non-hydrogen) atoms. The number of anilines is 1. The Morgan fingerprint density at radius 1 is 1.38 bits per heavy atom. The van der Waals surface area contributed by atoms with E-state index in [0.29, 0.717) is 12.5 Å². The van der Waals surface area contributed by atoms with Gasteiger partial charge in [-0.3, -0.25) is 0 Å². The number of benzene rings is 1. The highest BCUT2D eigenvalue weighted by Gasteiger charge is 1.98. The molecule has 0 heterocycles. The van der Waals surface area contributed by atoms with Gasteiger partial charge in [0.15, 0.2) is 0 Å². The van der Waals surface area contributed by atoms with E-state index in [0.717, 1.165) is 12.2 Å². The molecule has 0 fully saturated rings. The van der Waals surface area contributed by atoms with Gasteiger partial charge in [-0.2, -0.15) is 0 Å². The summed E-state index contributed by atoms with van der Waals surface area (Å²) < 4.78 is 12.5. The molecule has 0 saturated heterocycles. The molecule has 0 bridgehead atoms. The molecule has 72 valence electrons. The molecule has 1 atom stereocenters. The van der Waals surface area contributed by atoms with Crippen LogP contribution in [0.5, 0.6) is 0 Å². The van der Waals surface area contributed by atoms with Crippen LogP contribution in [0.3, 0.4) is 0 Å². The fourth-order valence-corrected chi connectivity index (χ4v) is 0.943. The number of nitrogens with one attached hydrogen (secondary N) is 1. The van der Waals surface area contributed by atoms with Gasteiger partial charge in [-0.05, 0) is 36.7 Å². The topological polar surface area (TPSA) is 38.0 Å². The number of hydrogen-bond acceptors (Lipinski definition) is 2. The molecule has 0 aliphatic carbocycles. The van der Waals surface area contributed by atoms with Gasteiger partial charge in [0.1, 0.15) is 5.82 Å². The lowest BCUT2D eigenvalue weighted by Crippen LogP contribution is -2.19. The number of halogens is 1. The van der Waals surface area contributed by atoms with E-state index in [1.807, 2.05) is 0 Å². The fourth-order valence-electron chi connectivity index (χ4n) is 0.943. The minimum Gasteiger partial charge on any atom is -0.385 e.